The maximum atomic E-state index is 16.2. The summed E-state index contributed by atoms with van der Waals surface area (Å²) in [6, 6.07) is 9.25. The summed E-state index contributed by atoms with van der Waals surface area (Å²) in [7, 11) is 0. The molecule has 0 radical (unpaired) electrons. The fraction of sp³-hybridized carbons (Fsp3) is 0.547. The lowest BCUT2D eigenvalue weighted by atomic mass is 9.33. The largest absolute Gasteiger partial charge is 0.478 e. The van der Waals surface area contributed by atoms with E-state index in [0.29, 0.717) is 55.2 Å². The Labute approximate surface area is 369 Å². The maximum absolute atomic E-state index is 16.2. The third-order valence-electron chi connectivity index (χ3n) is 19.7. The summed E-state index contributed by atoms with van der Waals surface area (Å²) in [6.45, 7) is 9.81. The van der Waals surface area contributed by atoms with Gasteiger partial charge in [0.1, 0.15) is 22.6 Å². The summed E-state index contributed by atoms with van der Waals surface area (Å²) in [5.41, 5.74) is 7.64. The van der Waals surface area contributed by atoms with E-state index in [-0.39, 0.29) is 29.5 Å². The van der Waals surface area contributed by atoms with Crippen molar-refractivity contribution in [3.63, 3.8) is 0 Å². The number of nitrogens with two attached hydrogens (primary N) is 2. The standard InChI is InChI=1S/C53H61N3O7/c1-28(44(59)60)25-51(61)33-17-15-31-24-32-26-52(62)34(16-14-30-12-8-6-9-13-30)41-46(3,4)37(58)19-22-48(41)20-10-7-11-21-49-27-36(57)40(48)43(52)47(49,5)53(32,63)42(38(31)33)50(49)23-18-35(56-45(54)55)39(51)29(50)2/h6,8-9,12-14,16-18,23,25-26,29,34-35,39,41-42,61-63H,7,10-11,15,19-22,24,27H2,1-5H3,(H,59,60)(H4,54,55,56). The van der Waals surface area contributed by atoms with Crippen molar-refractivity contribution < 1.29 is 34.8 Å². The molecule has 0 saturated heterocycles. The maximum Gasteiger partial charge on any atom is 0.331 e. The second kappa shape index (κ2) is 12.6. The van der Waals surface area contributed by atoms with Crippen molar-refractivity contribution in [1.82, 2.24) is 0 Å². The number of aliphatic imine (C=N–C) groups is 1. The average molecular weight is 852 g/mol. The number of aliphatic hydroxyl groups is 3. The Kier molecular flexibility index (Phi) is 8.20. The molecule has 0 aliphatic heterocycles. The van der Waals surface area contributed by atoms with Gasteiger partial charge in [-0.1, -0.05) is 113 Å². The van der Waals surface area contributed by atoms with Gasteiger partial charge in [0.2, 0.25) is 0 Å². The van der Waals surface area contributed by atoms with Gasteiger partial charge in [-0.3, -0.25) is 9.59 Å². The highest BCUT2D eigenvalue weighted by Gasteiger charge is 2.89. The van der Waals surface area contributed by atoms with Gasteiger partial charge in [0, 0.05) is 63.4 Å². The molecule has 10 aliphatic rings. The van der Waals surface area contributed by atoms with Crippen LogP contribution in [0.5, 0.6) is 0 Å². The van der Waals surface area contributed by atoms with Crippen LogP contribution in [0.3, 0.4) is 0 Å². The highest BCUT2D eigenvalue weighted by Crippen LogP contribution is 2.89. The Morgan fingerprint density at radius 3 is 2.43 bits per heavy atom. The number of carbonyl (C=O) groups is 3. The number of carboxylic acids is 1. The van der Waals surface area contributed by atoms with Crippen LogP contribution in [0, 0.1) is 56.7 Å². The number of rotatable bonds is 5. The number of Topliss-reactive ketones (excluding diaryl/α,β-unsaturated/α-hetero) is 2. The number of aliphatic carboxylic acids is 1. The summed E-state index contributed by atoms with van der Waals surface area (Å²) in [5, 5.41) is 53.2. The van der Waals surface area contributed by atoms with Crippen LogP contribution in [0.25, 0.3) is 6.08 Å². The molecule has 10 nitrogen and oxygen atoms in total. The number of carboxylic acid groups (broad SMARTS) is 1. The van der Waals surface area contributed by atoms with Gasteiger partial charge in [0.05, 0.1) is 6.04 Å². The molecule has 0 amide bonds. The Morgan fingerprint density at radius 2 is 1.71 bits per heavy atom. The molecule has 63 heavy (non-hydrogen) atoms. The van der Waals surface area contributed by atoms with Crippen LogP contribution in [0.1, 0.15) is 104 Å². The molecular formula is C53H61N3O7. The predicted octanol–water partition coefficient (Wildman–Crippen LogP) is 6.84. The van der Waals surface area contributed by atoms with Crippen LogP contribution in [0.15, 0.2) is 111 Å². The summed E-state index contributed by atoms with van der Waals surface area (Å²) in [5.74, 6) is -4.20. The van der Waals surface area contributed by atoms with Gasteiger partial charge in [-0.25, -0.2) is 9.79 Å². The first kappa shape index (κ1) is 41.1. The molecular weight excluding hydrogens is 791 g/mol. The number of ketones is 2. The third kappa shape index (κ3) is 4.42. The van der Waals surface area contributed by atoms with E-state index >= 15 is 4.79 Å². The van der Waals surface area contributed by atoms with Crippen molar-refractivity contribution >= 4 is 29.6 Å². The first-order valence-electron chi connectivity index (χ1n) is 23.3. The van der Waals surface area contributed by atoms with E-state index < -0.39 is 85.5 Å². The van der Waals surface area contributed by atoms with Crippen LogP contribution >= 0.6 is 0 Å². The quantitative estimate of drug-likeness (QED) is 0.0796. The van der Waals surface area contributed by atoms with Crippen molar-refractivity contribution in [3.8, 4) is 0 Å². The van der Waals surface area contributed by atoms with Crippen molar-refractivity contribution in [3.05, 3.63) is 111 Å². The average Bonchev–Trinajstić information content (AvgIpc) is 3.69. The molecule has 4 bridgehead atoms. The fourth-order valence-corrected chi connectivity index (χ4v) is 17.8. The Hall–Kier alpha value is -4.64. The van der Waals surface area contributed by atoms with Gasteiger partial charge in [-0.15, -0.1) is 0 Å². The molecule has 1 aromatic carbocycles. The van der Waals surface area contributed by atoms with Gasteiger partial charge < -0.3 is 31.9 Å². The normalized spacial score (nSPS) is 46.1. The minimum atomic E-state index is -1.86. The van der Waals surface area contributed by atoms with E-state index in [2.05, 4.69) is 32.1 Å². The predicted molar refractivity (Wildman–Crippen MR) is 239 cm³/mol. The van der Waals surface area contributed by atoms with Gasteiger partial charge >= 0.3 is 5.97 Å². The number of hydrogen-bond donors (Lipinski definition) is 6. The Morgan fingerprint density at radius 1 is 0.984 bits per heavy atom. The molecule has 1 aromatic rings. The summed E-state index contributed by atoms with van der Waals surface area (Å²) < 4.78 is 0. The first-order chi connectivity index (χ1) is 29.7. The minimum Gasteiger partial charge on any atom is -0.478 e. The summed E-state index contributed by atoms with van der Waals surface area (Å²) >= 11 is 0. The minimum absolute atomic E-state index is 0.0158. The second-order valence-electron chi connectivity index (χ2n) is 22.0. The van der Waals surface area contributed by atoms with Crippen LogP contribution in [-0.4, -0.2) is 66.8 Å². The van der Waals surface area contributed by atoms with Gasteiger partial charge in [-0.05, 0) is 96.3 Å². The molecule has 10 heteroatoms. The number of benzene rings is 1. The fourth-order valence-electron chi connectivity index (χ4n) is 17.8. The Balaban J connectivity index is 1.30. The molecule has 330 valence electrons. The van der Waals surface area contributed by atoms with Crippen molar-refractivity contribution in [2.45, 2.75) is 122 Å². The zero-order valence-electron chi connectivity index (χ0n) is 37.1. The second-order valence-corrected chi connectivity index (χ2v) is 22.0. The molecule has 13 unspecified atom stereocenters. The highest BCUT2D eigenvalue weighted by molar-refractivity contribution is 6.02. The summed E-state index contributed by atoms with van der Waals surface area (Å²) in [4.78, 5) is 48.0. The van der Waals surface area contributed by atoms with E-state index in [1.807, 2.05) is 62.4 Å². The lowest BCUT2D eigenvalue weighted by Crippen LogP contribution is -2.72. The van der Waals surface area contributed by atoms with Crippen LogP contribution in [0.2, 0.25) is 0 Å². The lowest BCUT2D eigenvalue weighted by Gasteiger charge is -2.71. The third-order valence-corrected chi connectivity index (χ3v) is 19.7. The van der Waals surface area contributed by atoms with Crippen LogP contribution in [0.4, 0.5) is 0 Å². The molecule has 8 N–H and O–H groups in total. The molecule has 0 aromatic heterocycles. The first-order valence-corrected chi connectivity index (χ1v) is 23.3. The number of allylic oxidation sites excluding steroid dienone is 4. The van der Waals surface area contributed by atoms with Gasteiger partial charge in [0.15, 0.2) is 11.7 Å². The van der Waals surface area contributed by atoms with Crippen molar-refractivity contribution in [2.75, 3.05) is 0 Å². The Bertz CT molecular complexity index is 2590. The van der Waals surface area contributed by atoms with Gasteiger partial charge in [-0.2, -0.15) is 0 Å². The SMILES string of the molecule is CC(=CC1(O)C2=CCC3=C2C2C4(O)C(=CC5(O)C6=C7C(=O)CC(CCCCCC78CCC(=O)C(C)(C)C8C5C=Cc5ccccc5)(C25C=CC(N=C(N)N)C1C5C)C64C)C3)C(=O)O. The van der Waals surface area contributed by atoms with Crippen LogP contribution < -0.4 is 11.5 Å². The smallest absolute Gasteiger partial charge is 0.331 e. The van der Waals surface area contributed by atoms with E-state index in [9.17, 15) is 30.0 Å². The van der Waals surface area contributed by atoms with Crippen molar-refractivity contribution in [2.24, 2.45) is 73.1 Å². The molecule has 3 spiro atoms. The number of guanidine groups is 1. The van der Waals surface area contributed by atoms with E-state index in [1.54, 1.807) is 0 Å². The highest BCUT2D eigenvalue weighted by atomic mass is 16.4. The number of carbonyl (C=O) groups excluding carboxylic acids is 2. The van der Waals surface area contributed by atoms with E-state index in [4.69, 9.17) is 16.5 Å². The number of hydrogen-bond acceptors (Lipinski definition) is 7. The zero-order chi connectivity index (χ0) is 44.7. The topological polar surface area (TPSA) is 197 Å². The monoisotopic (exact) mass is 851 g/mol. The van der Waals surface area contributed by atoms with Crippen molar-refractivity contribution in [1.29, 1.82) is 0 Å². The molecule has 11 rings (SSSR count). The van der Waals surface area contributed by atoms with Gasteiger partial charge in [0.25, 0.3) is 0 Å². The molecule has 4 fully saturated rings. The van der Waals surface area contributed by atoms with E-state index in [1.165, 1.54) is 13.0 Å². The molecule has 13 atom stereocenters. The molecule has 10 aliphatic carbocycles. The lowest BCUT2D eigenvalue weighted by molar-refractivity contribution is -0.174. The number of fused-ring (bicyclic) bond motifs is 2. The zero-order valence-corrected chi connectivity index (χ0v) is 37.1. The summed E-state index contributed by atoms with van der Waals surface area (Å²) in [6.07, 6.45) is 19.3. The molecule has 0 heterocycles. The number of nitrogens with zero attached hydrogens (tertiary/aromatic N) is 1. The van der Waals surface area contributed by atoms with Crippen LogP contribution in [-0.2, 0) is 14.4 Å². The molecule has 4 saturated carbocycles. The van der Waals surface area contributed by atoms with E-state index in [0.717, 1.165) is 41.5 Å².